The van der Waals surface area contributed by atoms with E-state index in [-0.39, 0.29) is 5.60 Å². The first-order valence-electron chi connectivity index (χ1n) is 3.82. The van der Waals surface area contributed by atoms with Crippen LogP contribution in [0.4, 0.5) is 0 Å². The van der Waals surface area contributed by atoms with Gasteiger partial charge in [-0.15, -0.1) is 0 Å². The maximum Gasteiger partial charge on any atom is 0.320 e. The van der Waals surface area contributed by atoms with E-state index in [9.17, 15) is 4.79 Å². The van der Waals surface area contributed by atoms with Crippen molar-refractivity contribution in [1.29, 1.82) is 0 Å². The molecule has 0 saturated carbocycles. The zero-order chi connectivity index (χ0) is 7.90. The van der Waals surface area contributed by atoms with Crippen LogP contribution in [0.5, 0.6) is 0 Å². The third-order valence-electron chi connectivity index (χ3n) is 2.51. The lowest BCUT2D eigenvalue weighted by atomic mass is 9.92. The zero-order valence-corrected chi connectivity index (χ0v) is 6.17. The highest BCUT2D eigenvalue weighted by atomic mass is 16.5. The van der Waals surface area contributed by atoms with Gasteiger partial charge in [0.1, 0.15) is 6.04 Å². The number of nitrogens with one attached hydrogen (secondary N) is 1. The number of carboxylic acids is 1. The minimum absolute atomic E-state index is 0.122. The second-order valence-corrected chi connectivity index (χ2v) is 3.26. The maximum atomic E-state index is 10.5. The summed E-state index contributed by atoms with van der Waals surface area (Å²) in [5, 5.41) is 11.6. The van der Waals surface area contributed by atoms with Crippen molar-refractivity contribution in [2.45, 2.75) is 24.5 Å². The number of hydrogen-bond acceptors (Lipinski definition) is 3. The molecule has 0 amide bonds. The Morgan fingerprint density at radius 2 is 2.45 bits per heavy atom. The summed E-state index contributed by atoms with van der Waals surface area (Å²) in [5.74, 6) is -0.766. The van der Waals surface area contributed by atoms with Gasteiger partial charge in [-0.3, -0.25) is 4.79 Å². The summed E-state index contributed by atoms with van der Waals surface area (Å²) in [6, 6.07) is -0.393. The fourth-order valence-electron chi connectivity index (χ4n) is 1.69. The molecule has 2 fully saturated rings. The van der Waals surface area contributed by atoms with Crippen molar-refractivity contribution in [1.82, 2.24) is 5.32 Å². The summed E-state index contributed by atoms with van der Waals surface area (Å²) < 4.78 is 5.33. The summed E-state index contributed by atoms with van der Waals surface area (Å²) in [5.41, 5.74) is -0.122. The van der Waals surface area contributed by atoms with Gasteiger partial charge in [0.25, 0.3) is 0 Å². The van der Waals surface area contributed by atoms with E-state index in [2.05, 4.69) is 5.32 Å². The van der Waals surface area contributed by atoms with E-state index in [0.29, 0.717) is 13.0 Å². The van der Waals surface area contributed by atoms with Crippen LogP contribution in [0.25, 0.3) is 0 Å². The summed E-state index contributed by atoms with van der Waals surface area (Å²) in [6.07, 6.45) is 1.63. The Labute approximate surface area is 64.5 Å². The van der Waals surface area contributed by atoms with Gasteiger partial charge in [-0.05, 0) is 0 Å². The van der Waals surface area contributed by atoms with Gasteiger partial charge in [-0.25, -0.2) is 0 Å². The van der Waals surface area contributed by atoms with Crippen LogP contribution in [0.3, 0.4) is 0 Å². The number of carboxylic acid groups (broad SMARTS) is 1. The molecule has 2 rings (SSSR count). The summed E-state index contributed by atoms with van der Waals surface area (Å²) in [4.78, 5) is 10.5. The Hall–Kier alpha value is -0.610. The van der Waals surface area contributed by atoms with Crippen LogP contribution in [-0.4, -0.2) is 35.9 Å². The molecule has 4 heteroatoms. The van der Waals surface area contributed by atoms with E-state index in [1.54, 1.807) is 0 Å². The van der Waals surface area contributed by atoms with E-state index in [4.69, 9.17) is 9.84 Å². The van der Waals surface area contributed by atoms with Crippen LogP contribution in [0.15, 0.2) is 0 Å². The van der Waals surface area contributed by atoms with Crippen LogP contribution in [0.2, 0.25) is 0 Å². The molecule has 11 heavy (non-hydrogen) atoms. The lowest BCUT2D eigenvalue weighted by molar-refractivity contribution is -0.145. The Kier molecular flexibility index (Phi) is 1.40. The zero-order valence-electron chi connectivity index (χ0n) is 6.17. The molecular weight excluding hydrogens is 146 g/mol. The average molecular weight is 157 g/mol. The molecule has 62 valence electrons. The quantitative estimate of drug-likeness (QED) is 0.543. The van der Waals surface area contributed by atoms with Crippen molar-refractivity contribution in [2.75, 3.05) is 13.2 Å². The summed E-state index contributed by atoms with van der Waals surface area (Å²) in [6.45, 7) is 1.48. The van der Waals surface area contributed by atoms with Crippen molar-refractivity contribution in [3.63, 3.8) is 0 Å². The highest BCUT2D eigenvalue weighted by molar-refractivity contribution is 5.74. The highest BCUT2D eigenvalue weighted by Gasteiger charge is 2.47. The van der Waals surface area contributed by atoms with Crippen LogP contribution in [-0.2, 0) is 9.53 Å². The summed E-state index contributed by atoms with van der Waals surface area (Å²) in [7, 11) is 0. The molecule has 2 aliphatic heterocycles. The Morgan fingerprint density at radius 1 is 1.73 bits per heavy atom. The number of carbonyl (C=O) groups is 1. The fourth-order valence-corrected chi connectivity index (χ4v) is 1.69. The number of rotatable bonds is 1. The van der Waals surface area contributed by atoms with Gasteiger partial charge < -0.3 is 15.2 Å². The SMILES string of the molecule is O=C(O)[C@@H]1CC2(CCO2)CN1. The molecule has 0 aromatic heterocycles. The Bertz CT molecular complexity index is 188. The fraction of sp³-hybridized carbons (Fsp3) is 0.857. The van der Waals surface area contributed by atoms with Crippen molar-refractivity contribution < 1.29 is 14.6 Å². The number of hydrogen-bond donors (Lipinski definition) is 2. The monoisotopic (exact) mass is 157 g/mol. The second-order valence-electron chi connectivity index (χ2n) is 3.26. The van der Waals surface area contributed by atoms with Crippen LogP contribution < -0.4 is 5.32 Å². The van der Waals surface area contributed by atoms with Crippen LogP contribution >= 0.6 is 0 Å². The van der Waals surface area contributed by atoms with Crippen molar-refractivity contribution in [3.05, 3.63) is 0 Å². The third-order valence-corrected chi connectivity index (χ3v) is 2.51. The molecule has 2 aliphatic rings. The Morgan fingerprint density at radius 3 is 2.73 bits per heavy atom. The van der Waals surface area contributed by atoms with E-state index in [1.165, 1.54) is 0 Å². The van der Waals surface area contributed by atoms with Gasteiger partial charge in [0.2, 0.25) is 0 Å². The van der Waals surface area contributed by atoms with Crippen molar-refractivity contribution in [3.8, 4) is 0 Å². The van der Waals surface area contributed by atoms with E-state index >= 15 is 0 Å². The lowest BCUT2D eigenvalue weighted by Gasteiger charge is -2.37. The normalized spacial score (nSPS) is 42.4. The molecule has 2 heterocycles. The van der Waals surface area contributed by atoms with Gasteiger partial charge in [0.15, 0.2) is 0 Å². The second kappa shape index (κ2) is 2.19. The topological polar surface area (TPSA) is 58.6 Å². The molecule has 0 radical (unpaired) electrons. The molecule has 0 aliphatic carbocycles. The average Bonchev–Trinajstić information content (AvgIpc) is 2.28. The minimum Gasteiger partial charge on any atom is -0.480 e. The number of ether oxygens (including phenoxy) is 1. The largest absolute Gasteiger partial charge is 0.480 e. The van der Waals surface area contributed by atoms with Gasteiger partial charge in [0.05, 0.1) is 12.2 Å². The standard InChI is InChI=1S/C7H11NO3/c9-6(10)5-3-7(4-8-5)1-2-11-7/h5,8H,1-4H2,(H,9,10)/t5-,7?/m0/s1. The first-order valence-corrected chi connectivity index (χ1v) is 3.82. The molecule has 2 saturated heterocycles. The molecule has 2 atom stereocenters. The van der Waals surface area contributed by atoms with E-state index in [0.717, 1.165) is 13.0 Å². The molecule has 1 spiro atoms. The highest BCUT2D eigenvalue weighted by Crippen LogP contribution is 2.34. The van der Waals surface area contributed by atoms with E-state index in [1.807, 2.05) is 0 Å². The summed E-state index contributed by atoms with van der Waals surface area (Å²) >= 11 is 0. The first kappa shape index (κ1) is 7.06. The predicted octanol–water partition coefficient (Wildman–Crippen LogP) is -0.408. The van der Waals surface area contributed by atoms with Gasteiger partial charge in [-0.1, -0.05) is 0 Å². The van der Waals surface area contributed by atoms with Crippen molar-refractivity contribution in [2.24, 2.45) is 0 Å². The smallest absolute Gasteiger partial charge is 0.320 e. The third kappa shape index (κ3) is 1.02. The molecule has 0 aromatic carbocycles. The molecule has 1 unspecified atom stereocenters. The van der Waals surface area contributed by atoms with Gasteiger partial charge >= 0.3 is 5.97 Å². The maximum absolute atomic E-state index is 10.5. The lowest BCUT2D eigenvalue weighted by Crippen LogP contribution is -2.45. The van der Waals surface area contributed by atoms with Gasteiger partial charge in [0, 0.05) is 19.4 Å². The first-order chi connectivity index (χ1) is 5.22. The molecule has 0 bridgehead atoms. The molecular formula is C7H11NO3. The van der Waals surface area contributed by atoms with Crippen LogP contribution in [0, 0.1) is 0 Å². The number of aliphatic carboxylic acids is 1. The van der Waals surface area contributed by atoms with Crippen molar-refractivity contribution >= 4 is 5.97 Å². The molecule has 2 N–H and O–H groups in total. The minimum atomic E-state index is -0.766. The Balaban J connectivity index is 1.98. The van der Waals surface area contributed by atoms with E-state index < -0.39 is 12.0 Å². The predicted molar refractivity (Wildman–Crippen MR) is 37.3 cm³/mol. The molecule has 4 nitrogen and oxygen atoms in total. The van der Waals surface area contributed by atoms with Gasteiger partial charge in [-0.2, -0.15) is 0 Å². The molecule has 0 aromatic rings. The van der Waals surface area contributed by atoms with Crippen LogP contribution in [0.1, 0.15) is 12.8 Å².